The lowest BCUT2D eigenvalue weighted by Crippen LogP contribution is -2.27. The van der Waals surface area contributed by atoms with Crippen LogP contribution < -0.4 is 0 Å². The van der Waals surface area contributed by atoms with Gasteiger partial charge >= 0.3 is 0 Å². The van der Waals surface area contributed by atoms with Crippen molar-refractivity contribution in [1.82, 2.24) is 20.1 Å². The zero-order valence-electron chi connectivity index (χ0n) is 12.6. The molecule has 1 N–H and O–H groups in total. The fourth-order valence-electron chi connectivity index (χ4n) is 2.42. The highest BCUT2D eigenvalue weighted by Gasteiger charge is 2.36. The Morgan fingerprint density at radius 3 is 2.90 bits per heavy atom. The van der Waals surface area contributed by atoms with E-state index in [-0.39, 0.29) is 11.7 Å². The predicted molar refractivity (Wildman–Crippen MR) is 76.8 cm³/mol. The second-order valence-corrected chi connectivity index (χ2v) is 5.74. The first kappa shape index (κ1) is 13.9. The quantitative estimate of drug-likeness (QED) is 0.916. The van der Waals surface area contributed by atoms with Crippen LogP contribution in [0.2, 0.25) is 0 Å². The molecule has 2 heterocycles. The number of hydrogen-bond donors (Lipinski definition) is 1. The van der Waals surface area contributed by atoms with E-state index in [0.717, 1.165) is 23.8 Å². The monoisotopic (exact) mass is 288 g/mol. The number of nitrogens with one attached hydrogen (secondary N) is 1. The van der Waals surface area contributed by atoms with Crippen LogP contribution in [0.15, 0.2) is 16.5 Å². The summed E-state index contributed by atoms with van der Waals surface area (Å²) < 4.78 is 5.82. The van der Waals surface area contributed by atoms with Crippen molar-refractivity contribution in [2.45, 2.75) is 39.2 Å². The second kappa shape index (κ2) is 5.35. The Labute approximate surface area is 123 Å². The minimum absolute atomic E-state index is 0.205. The number of aromatic nitrogens is 3. The van der Waals surface area contributed by atoms with E-state index < -0.39 is 0 Å². The lowest BCUT2D eigenvalue weighted by Gasteiger charge is -2.13. The predicted octanol–water partition coefficient (Wildman–Crippen LogP) is 2.36. The molecule has 2 aromatic heterocycles. The average molecular weight is 288 g/mol. The Balaban J connectivity index is 1.63. The van der Waals surface area contributed by atoms with Crippen LogP contribution in [0, 0.1) is 5.92 Å². The summed E-state index contributed by atoms with van der Waals surface area (Å²) in [5.41, 5.74) is 0. The molecule has 21 heavy (non-hydrogen) atoms. The number of amides is 1. The molecule has 0 radical (unpaired) electrons. The molecule has 1 aliphatic rings. The van der Waals surface area contributed by atoms with Crippen molar-refractivity contribution in [3.8, 4) is 0 Å². The molecule has 0 aromatic carbocycles. The molecule has 1 amide bonds. The smallest absolute Gasteiger partial charge is 0.293 e. The van der Waals surface area contributed by atoms with Crippen molar-refractivity contribution in [2.24, 2.45) is 5.92 Å². The standard InChI is InChI=1S/C15H20N4O2/c1-4-13-16-14(18-17-13)15(20)19(3)8-10-5-6-12(21-10)11-7-9(11)2/h5-6,9,11H,4,7-8H2,1-3H3,(H,16,17,18). The van der Waals surface area contributed by atoms with Gasteiger partial charge in [-0.25, -0.2) is 4.98 Å². The van der Waals surface area contributed by atoms with Crippen LogP contribution >= 0.6 is 0 Å². The number of H-pyrrole nitrogens is 1. The lowest BCUT2D eigenvalue weighted by molar-refractivity contribution is 0.0763. The Hall–Kier alpha value is -2.11. The largest absolute Gasteiger partial charge is 0.464 e. The van der Waals surface area contributed by atoms with Gasteiger partial charge in [-0.05, 0) is 24.5 Å². The van der Waals surface area contributed by atoms with E-state index in [4.69, 9.17) is 4.42 Å². The summed E-state index contributed by atoms with van der Waals surface area (Å²) in [6, 6.07) is 3.96. The van der Waals surface area contributed by atoms with Crippen LogP contribution in [0.5, 0.6) is 0 Å². The molecule has 2 aromatic rings. The van der Waals surface area contributed by atoms with E-state index in [9.17, 15) is 4.79 Å². The third kappa shape index (κ3) is 2.84. The molecule has 3 rings (SSSR count). The number of carbonyl (C=O) groups excluding carboxylic acids is 1. The average Bonchev–Trinajstić information content (AvgIpc) is 2.92. The van der Waals surface area contributed by atoms with E-state index >= 15 is 0 Å². The summed E-state index contributed by atoms with van der Waals surface area (Å²) in [5.74, 6) is 3.81. The number of aryl methyl sites for hydroxylation is 1. The molecule has 6 nitrogen and oxygen atoms in total. The zero-order valence-corrected chi connectivity index (χ0v) is 12.6. The molecule has 0 bridgehead atoms. The van der Waals surface area contributed by atoms with Gasteiger partial charge in [0.25, 0.3) is 5.91 Å². The van der Waals surface area contributed by atoms with Crippen molar-refractivity contribution in [3.05, 3.63) is 35.3 Å². The number of carbonyl (C=O) groups is 1. The van der Waals surface area contributed by atoms with Gasteiger partial charge in [-0.15, -0.1) is 5.10 Å². The van der Waals surface area contributed by atoms with Crippen LogP contribution in [0.4, 0.5) is 0 Å². The van der Waals surface area contributed by atoms with Gasteiger partial charge < -0.3 is 9.32 Å². The normalized spacial score (nSPS) is 20.5. The molecule has 6 heteroatoms. The number of nitrogens with zero attached hydrogens (tertiary/aromatic N) is 3. The Morgan fingerprint density at radius 1 is 1.52 bits per heavy atom. The minimum atomic E-state index is -0.205. The zero-order chi connectivity index (χ0) is 15.0. The highest BCUT2D eigenvalue weighted by atomic mass is 16.3. The van der Waals surface area contributed by atoms with Crippen LogP contribution in [0.25, 0.3) is 0 Å². The molecule has 1 aliphatic carbocycles. The summed E-state index contributed by atoms with van der Waals surface area (Å²) in [4.78, 5) is 17.9. The SMILES string of the molecule is CCc1nc(C(=O)N(C)Cc2ccc(C3CC3C)o2)n[nH]1. The van der Waals surface area contributed by atoms with Gasteiger partial charge in [0.1, 0.15) is 17.3 Å². The minimum Gasteiger partial charge on any atom is -0.464 e. The van der Waals surface area contributed by atoms with Crippen LogP contribution in [-0.2, 0) is 13.0 Å². The van der Waals surface area contributed by atoms with Crippen molar-refractivity contribution in [3.63, 3.8) is 0 Å². The first-order valence-electron chi connectivity index (χ1n) is 7.33. The Morgan fingerprint density at radius 2 is 2.29 bits per heavy atom. The molecule has 2 atom stereocenters. The maximum Gasteiger partial charge on any atom is 0.293 e. The van der Waals surface area contributed by atoms with Crippen molar-refractivity contribution in [2.75, 3.05) is 7.05 Å². The van der Waals surface area contributed by atoms with Crippen molar-refractivity contribution < 1.29 is 9.21 Å². The second-order valence-electron chi connectivity index (χ2n) is 5.74. The third-order valence-corrected chi connectivity index (χ3v) is 3.95. The molecular formula is C15H20N4O2. The molecule has 2 unspecified atom stereocenters. The highest BCUT2D eigenvalue weighted by molar-refractivity contribution is 5.90. The summed E-state index contributed by atoms with van der Waals surface area (Å²) in [7, 11) is 1.73. The number of aromatic amines is 1. The molecular weight excluding hydrogens is 268 g/mol. The summed E-state index contributed by atoms with van der Waals surface area (Å²) >= 11 is 0. The molecule has 1 fully saturated rings. The van der Waals surface area contributed by atoms with E-state index in [1.54, 1.807) is 11.9 Å². The highest BCUT2D eigenvalue weighted by Crippen LogP contribution is 2.47. The van der Waals surface area contributed by atoms with E-state index in [0.29, 0.717) is 18.4 Å². The number of rotatable bonds is 5. The van der Waals surface area contributed by atoms with Gasteiger partial charge in [-0.3, -0.25) is 9.89 Å². The Bertz CT molecular complexity index is 646. The fourth-order valence-corrected chi connectivity index (χ4v) is 2.42. The molecule has 1 saturated carbocycles. The van der Waals surface area contributed by atoms with E-state index in [2.05, 4.69) is 22.1 Å². The third-order valence-electron chi connectivity index (χ3n) is 3.95. The van der Waals surface area contributed by atoms with Gasteiger partial charge in [0.2, 0.25) is 5.82 Å². The maximum absolute atomic E-state index is 12.2. The topological polar surface area (TPSA) is 75.0 Å². The first-order chi connectivity index (χ1) is 10.1. The lowest BCUT2D eigenvalue weighted by atomic mass is 10.3. The fraction of sp³-hybridized carbons (Fsp3) is 0.533. The van der Waals surface area contributed by atoms with Crippen molar-refractivity contribution >= 4 is 5.91 Å². The first-order valence-corrected chi connectivity index (χ1v) is 7.33. The van der Waals surface area contributed by atoms with Gasteiger partial charge in [-0.1, -0.05) is 13.8 Å². The molecule has 0 spiro atoms. The summed E-state index contributed by atoms with van der Waals surface area (Å²) in [6.45, 7) is 4.61. The van der Waals surface area contributed by atoms with Crippen molar-refractivity contribution in [1.29, 1.82) is 0 Å². The number of furan rings is 1. The maximum atomic E-state index is 12.2. The molecule has 112 valence electrons. The van der Waals surface area contributed by atoms with Gasteiger partial charge in [0.05, 0.1) is 6.54 Å². The summed E-state index contributed by atoms with van der Waals surface area (Å²) in [6.07, 6.45) is 1.92. The van der Waals surface area contributed by atoms with E-state index in [1.807, 2.05) is 19.1 Å². The summed E-state index contributed by atoms with van der Waals surface area (Å²) in [5, 5.41) is 6.70. The van der Waals surface area contributed by atoms with E-state index in [1.165, 1.54) is 6.42 Å². The molecule has 0 aliphatic heterocycles. The number of hydrogen-bond acceptors (Lipinski definition) is 4. The van der Waals surface area contributed by atoms with Crippen LogP contribution in [0.3, 0.4) is 0 Å². The van der Waals surface area contributed by atoms with Crippen LogP contribution in [0.1, 0.15) is 54.2 Å². The van der Waals surface area contributed by atoms with Gasteiger partial charge in [0.15, 0.2) is 0 Å². The van der Waals surface area contributed by atoms with Gasteiger partial charge in [-0.2, -0.15) is 0 Å². The molecule has 0 saturated heterocycles. The van der Waals surface area contributed by atoms with Gasteiger partial charge in [0, 0.05) is 19.4 Å². The Kier molecular flexibility index (Phi) is 3.53. The van der Waals surface area contributed by atoms with Crippen LogP contribution in [-0.4, -0.2) is 33.0 Å².